The third kappa shape index (κ3) is 4.27. The van der Waals surface area contributed by atoms with Gasteiger partial charge in [0.25, 0.3) is 0 Å². The van der Waals surface area contributed by atoms with Crippen LogP contribution in [0.2, 0.25) is 0 Å². The highest BCUT2D eigenvalue weighted by Crippen LogP contribution is 2.24. The number of hydrogen-bond acceptors (Lipinski definition) is 8. The Morgan fingerprint density at radius 2 is 2.21 bits per heavy atom. The fourth-order valence-corrected chi connectivity index (χ4v) is 2.91. The first kappa shape index (κ1) is 16.8. The van der Waals surface area contributed by atoms with Gasteiger partial charge in [-0.1, -0.05) is 0 Å². The Labute approximate surface area is 144 Å². The van der Waals surface area contributed by atoms with Crippen LogP contribution in [-0.2, 0) is 9.47 Å². The Morgan fingerprint density at radius 1 is 1.38 bits per heavy atom. The van der Waals surface area contributed by atoms with E-state index < -0.39 is 5.97 Å². The number of hydrogen-bond donors (Lipinski definition) is 0. The van der Waals surface area contributed by atoms with Crippen LogP contribution in [0.25, 0.3) is 10.7 Å². The van der Waals surface area contributed by atoms with Crippen LogP contribution in [0.3, 0.4) is 0 Å². The lowest BCUT2D eigenvalue weighted by Gasteiger charge is -2.21. The summed E-state index contributed by atoms with van der Waals surface area (Å²) in [5, 5.41) is 0. The van der Waals surface area contributed by atoms with E-state index in [1.165, 1.54) is 17.4 Å². The monoisotopic (exact) mass is 349 g/mol. The molecule has 7 nitrogen and oxygen atoms in total. The summed E-state index contributed by atoms with van der Waals surface area (Å²) in [6.07, 6.45) is 3.60. The maximum Gasteiger partial charge on any atom is 0.357 e. The smallest absolute Gasteiger partial charge is 0.357 e. The molecule has 2 aromatic rings. The van der Waals surface area contributed by atoms with Crippen LogP contribution in [0.15, 0.2) is 17.8 Å². The van der Waals surface area contributed by atoms with Gasteiger partial charge in [0, 0.05) is 25.5 Å². The Kier molecular flexibility index (Phi) is 5.71. The van der Waals surface area contributed by atoms with Crippen molar-refractivity contribution < 1.29 is 19.0 Å². The molecule has 0 saturated carbocycles. The molecule has 0 amide bonds. The SMILES string of the molecule is CCOC(=O)c1cc(OCC2CCOCC2)nc(-c2cncs2)n1. The minimum atomic E-state index is -0.485. The minimum Gasteiger partial charge on any atom is -0.477 e. The molecule has 8 heteroatoms. The highest BCUT2D eigenvalue weighted by molar-refractivity contribution is 7.13. The van der Waals surface area contributed by atoms with Crippen molar-refractivity contribution in [3.8, 4) is 16.6 Å². The van der Waals surface area contributed by atoms with Crippen LogP contribution in [0.5, 0.6) is 5.88 Å². The molecule has 2 aromatic heterocycles. The summed E-state index contributed by atoms with van der Waals surface area (Å²) in [6, 6.07) is 1.53. The van der Waals surface area contributed by atoms with Gasteiger partial charge in [-0.25, -0.2) is 9.78 Å². The fourth-order valence-electron chi connectivity index (χ4n) is 2.36. The number of carbonyl (C=O) groups is 1. The number of esters is 1. The second kappa shape index (κ2) is 8.16. The largest absolute Gasteiger partial charge is 0.477 e. The van der Waals surface area contributed by atoms with Crippen LogP contribution in [0, 0.1) is 5.92 Å². The van der Waals surface area contributed by atoms with E-state index in [1.54, 1.807) is 18.6 Å². The van der Waals surface area contributed by atoms with Crippen molar-refractivity contribution in [2.24, 2.45) is 5.92 Å². The van der Waals surface area contributed by atoms with Gasteiger partial charge in [0.05, 0.1) is 23.6 Å². The van der Waals surface area contributed by atoms with Crippen LogP contribution >= 0.6 is 11.3 Å². The lowest BCUT2D eigenvalue weighted by Crippen LogP contribution is -2.22. The standard InChI is InChI=1S/C16H19N3O4S/c1-2-22-16(20)12-7-14(23-9-11-3-5-21-6-4-11)19-15(18-12)13-8-17-10-24-13/h7-8,10-11H,2-6,9H2,1H3. The lowest BCUT2D eigenvalue weighted by atomic mass is 10.0. The van der Waals surface area contributed by atoms with E-state index in [0.29, 0.717) is 24.2 Å². The summed E-state index contributed by atoms with van der Waals surface area (Å²) in [5.74, 6) is 0.751. The van der Waals surface area contributed by atoms with Gasteiger partial charge in [-0.15, -0.1) is 11.3 Å². The molecule has 0 aliphatic carbocycles. The molecule has 0 bridgehead atoms. The molecule has 3 rings (SSSR count). The molecule has 128 valence electrons. The van der Waals surface area contributed by atoms with Gasteiger partial charge in [0.15, 0.2) is 11.5 Å². The average molecular weight is 349 g/mol. The van der Waals surface area contributed by atoms with Crippen LogP contribution in [0.4, 0.5) is 0 Å². The van der Waals surface area contributed by atoms with E-state index >= 15 is 0 Å². The minimum absolute atomic E-state index is 0.192. The maximum atomic E-state index is 12.0. The summed E-state index contributed by atoms with van der Waals surface area (Å²) in [6.45, 7) is 4.11. The van der Waals surface area contributed by atoms with Crippen molar-refractivity contribution in [3.63, 3.8) is 0 Å². The van der Waals surface area contributed by atoms with Crippen LogP contribution in [0.1, 0.15) is 30.3 Å². The van der Waals surface area contributed by atoms with Crippen molar-refractivity contribution in [1.29, 1.82) is 0 Å². The van der Waals surface area contributed by atoms with Crippen molar-refractivity contribution >= 4 is 17.3 Å². The highest BCUT2D eigenvalue weighted by atomic mass is 32.1. The van der Waals surface area contributed by atoms with Crippen molar-refractivity contribution in [3.05, 3.63) is 23.5 Å². The molecule has 0 radical (unpaired) electrons. The molecular formula is C16H19N3O4S. The first-order chi connectivity index (χ1) is 11.8. The molecule has 1 saturated heterocycles. The number of ether oxygens (including phenoxy) is 3. The van der Waals surface area contributed by atoms with Crippen molar-refractivity contribution in [1.82, 2.24) is 15.0 Å². The summed E-state index contributed by atoms with van der Waals surface area (Å²) in [4.78, 5) is 25.5. The number of nitrogens with zero attached hydrogens (tertiary/aromatic N) is 3. The Hall–Kier alpha value is -2.06. The van der Waals surface area contributed by atoms with Gasteiger partial charge in [-0.05, 0) is 25.7 Å². The zero-order chi connectivity index (χ0) is 16.8. The van der Waals surface area contributed by atoms with Crippen LogP contribution in [-0.4, -0.2) is 47.3 Å². The number of carbonyl (C=O) groups excluding carboxylic acids is 1. The first-order valence-electron chi connectivity index (χ1n) is 7.92. The summed E-state index contributed by atoms with van der Waals surface area (Å²) < 4.78 is 16.2. The molecule has 1 fully saturated rings. The van der Waals surface area contributed by atoms with Gasteiger partial charge in [-0.2, -0.15) is 4.98 Å². The first-order valence-corrected chi connectivity index (χ1v) is 8.80. The third-order valence-electron chi connectivity index (χ3n) is 3.65. The molecule has 0 spiro atoms. The zero-order valence-electron chi connectivity index (χ0n) is 13.4. The van der Waals surface area contributed by atoms with E-state index in [0.717, 1.165) is 30.9 Å². The zero-order valence-corrected chi connectivity index (χ0v) is 14.3. The average Bonchev–Trinajstić information content (AvgIpc) is 3.15. The topological polar surface area (TPSA) is 83.4 Å². The van der Waals surface area contributed by atoms with Gasteiger partial charge in [0.1, 0.15) is 0 Å². The van der Waals surface area contributed by atoms with Crippen LogP contribution < -0.4 is 4.74 Å². The Morgan fingerprint density at radius 3 is 2.92 bits per heavy atom. The Bertz CT molecular complexity index is 672. The Balaban J connectivity index is 1.79. The highest BCUT2D eigenvalue weighted by Gasteiger charge is 2.18. The predicted octanol–water partition coefficient (Wildman–Crippen LogP) is 2.58. The third-order valence-corrected chi connectivity index (χ3v) is 4.42. The second-order valence-electron chi connectivity index (χ2n) is 5.37. The lowest BCUT2D eigenvalue weighted by molar-refractivity contribution is 0.0486. The van der Waals surface area contributed by atoms with E-state index in [2.05, 4.69) is 15.0 Å². The second-order valence-corrected chi connectivity index (χ2v) is 6.25. The quantitative estimate of drug-likeness (QED) is 0.741. The molecule has 0 N–H and O–H groups in total. The molecular weight excluding hydrogens is 330 g/mol. The fraction of sp³-hybridized carbons (Fsp3) is 0.500. The molecule has 0 atom stereocenters. The summed E-state index contributed by atoms with van der Waals surface area (Å²) in [7, 11) is 0. The van der Waals surface area contributed by atoms with E-state index in [9.17, 15) is 4.79 Å². The molecule has 1 aliphatic heterocycles. The molecule has 3 heterocycles. The molecule has 0 unspecified atom stereocenters. The molecule has 0 aromatic carbocycles. The van der Waals surface area contributed by atoms with E-state index in [4.69, 9.17) is 14.2 Å². The number of aromatic nitrogens is 3. The number of rotatable bonds is 6. The van der Waals surface area contributed by atoms with Gasteiger partial charge < -0.3 is 14.2 Å². The maximum absolute atomic E-state index is 12.0. The van der Waals surface area contributed by atoms with E-state index in [-0.39, 0.29) is 12.3 Å². The normalized spacial score (nSPS) is 15.2. The summed E-state index contributed by atoms with van der Waals surface area (Å²) in [5.41, 5.74) is 1.88. The van der Waals surface area contributed by atoms with E-state index in [1.807, 2.05) is 0 Å². The predicted molar refractivity (Wildman–Crippen MR) is 88.1 cm³/mol. The molecule has 1 aliphatic rings. The van der Waals surface area contributed by atoms with Crippen molar-refractivity contribution in [2.75, 3.05) is 26.4 Å². The molecule has 24 heavy (non-hydrogen) atoms. The summed E-state index contributed by atoms with van der Waals surface area (Å²) >= 11 is 1.40. The van der Waals surface area contributed by atoms with Gasteiger partial charge >= 0.3 is 5.97 Å². The van der Waals surface area contributed by atoms with Gasteiger partial charge in [0.2, 0.25) is 5.88 Å². The number of thiazole rings is 1. The van der Waals surface area contributed by atoms with Crippen molar-refractivity contribution in [2.45, 2.75) is 19.8 Å². The van der Waals surface area contributed by atoms with Gasteiger partial charge in [-0.3, -0.25) is 4.98 Å².